The first-order chi connectivity index (χ1) is 37.5. The van der Waals surface area contributed by atoms with E-state index in [4.69, 9.17) is 30.0 Å². The normalized spacial score (nSPS) is 14.2. The van der Waals surface area contributed by atoms with Gasteiger partial charge in [0.25, 0.3) is 0 Å². The topological polar surface area (TPSA) is 87.1 Å². The predicted octanol–water partition coefficient (Wildman–Crippen LogP) is 19.7. The maximum absolute atomic E-state index is 5.44. The van der Waals surface area contributed by atoms with Crippen LogP contribution in [0.1, 0.15) is 11.8 Å². The molecule has 0 unspecified atom stereocenters. The van der Waals surface area contributed by atoms with Gasteiger partial charge in [-0.1, -0.05) is 36.4 Å². The van der Waals surface area contributed by atoms with E-state index in [2.05, 4.69) is 194 Å². The Hall–Kier alpha value is -5.99. The Morgan fingerprint density at radius 2 is 0.658 bits per heavy atom. The lowest BCUT2D eigenvalue weighted by molar-refractivity contribution is 0.822. The van der Waals surface area contributed by atoms with Gasteiger partial charge in [0.2, 0.25) is 35.8 Å². The van der Waals surface area contributed by atoms with Crippen LogP contribution in [-0.2, 0) is 0 Å². The number of hydrogen-bond acceptors (Lipinski definition) is 22. The second kappa shape index (κ2) is 20.8. The fourth-order valence-electron chi connectivity index (χ4n) is 8.41. The second-order valence-electron chi connectivity index (χ2n) is 16.4. The molecule has 0 atom stereocenters. The van der Waals surface area contributed by atoms with E-state index >= 15 is 0 Å². The van der Waals surface area contributed by atoms with Gasteiger partial charge in [-0.3, -0.25) is 14.7 Å². The van der Waals surface area contributed by atoms with Crippen LogP contribution in [0.25, 0.3) is 53.7 Å². The van der Waals surface area contributed by atoms with E-state index in [9.17, 15) is 0 Å². The van der Waals surface area contributed by atoms with Crippen molar-refractivity contribution in [3.8, 4) is 48.8 Å². The smallest absolute Gasteiger partial charge is 0.246 e. The zero-order valence-corrected chi connectivity index (χ0v) is 49.3. The first-order valence-electron chi connectivity index (χ1n) is 23.2. The van der Waals surface area contributed by atoms with E-state index in [-0.39, 0.29) is 0 Å². The number of aliphatic imine (C=N–C) groups is 6. The van der Waals surface area contributed by atoms with Crippen molar-refractivity contribution in [3.05, 3.63) is 171 Å². The Balaban J connectivity index is 0.982. The Kier molecular flexibility index (Phi) is 13.2. The van der Waals surface area contributed by atoms with Crippen molar-refractivity contribution in [3.63, 3.8) is 0 Å². The first kappa shape index (κ1) is 48.4. The minimum atomic E-state index is 0.357. The molecular formula is C54H34N10S12. The van der Waals surface area contributed by atoms with E-state index < -0.39 is 0 Å². The number of rotatable bonds is 13. The van der Waals surface area contributed by atoms with Gasteiger partial charge in [0.15, 0.2) is 0 Å². The molecule has 0 aromatic carbocycles. The number of thioether (sulfide) groups is 1. The van der Waals surface area contributed by atoms with Crippen molar-refractivity contribution in [1.82, 2.24) is 4.90 Å². The largest absolute Gasteiger partial charge is 0.260 e. The molecule has 0 radical (unpaired) electrons. The molecule has 10 nitrogen and oxygen atoms in total. The van der Waals surface area contributed by atoms with Gasteiger partial charge < -0.3 is 0 Å². The highest BCUT2D eigenvalue weighted by Gasteiger charge is 2.40. The van der Waals surface area contributed by atoms with Gasteiger partial charge >= 0.3 is 0 Å². The molecule has 14 heterocycles. The SMILES string of the molecule is CC=C(SC)c1ccc(N(C2=NC3=NC(N(c4ccc(-c5cccs5)s4)c4ccc(-c5cccs5)s4)=NC4=NC(N(c5ccc(-c6cccs6)s5)c5ccc(-c6cccs6)s5)=NC(=N2)N34)c2ccc(-c3cccs3)s2)s1. The summed E-state index contributed by atoms with van der Waals surface area (Å²) in [6.45, 7) is 2.09. The third-order valence-electron chi connectivity index (χ3n) is 11.8. The summed E-state index contributed by atoms with van der Waals surface area (Å²) in [5, 5.41) is 16.3. The predicted molar refractivity (Wildman–Crippen MR) is 343 cm³/mol. The maximum Gasteiger partial charge on any atom is 0.246 e. The van der Waals surface area contributed by atoms with Gasteiger partial charge in [-0.05, 0) is 143 Å². The number of nitrogens with zero attached hydrogens (tertiary/aromatic N) is 10. The molecule has 0 spiro atoms. The molecule has 11 aromatic heterocycles. The third kappa shape index (κ3) is 9.12. The van der Waals surface area contributed by atoms with Crippen LogP contribution >= 0.6 is 136 Å². The van der Waals surface area contributed by atoms with Crippen molar-refractivity contribution in [2.24, 2.45) is 30.0 Å². The Morgan fingerprint density at radius 3 is 0.921 bits per heavy atom. The molecule has 372 valence electrons. The average molecular weight is 1210 g/mol. The summed E-state index contributed by atoms with van der Waals surface area (Å²) in [6.07, 6.45) is 4.28. The average Bonchev–Trinajstić information content (AvgIpc) is 4.29. The fraction of sp³-hybridized carbons (Fsp3) is 0.0370. The zero-order valence-electron chi connectivity index (χ0n) is 39.5. The standard InChI is InChI=1S/C54H34N10S12/c1-3-31(65-2)37-14-20-43(71-37)61(44-21-15-38(72-44)32-9-4-26-66-32)49-55-52-57-50(62(45-22-16-39(73-45)33-10-5-27-67-33)46-23-17-40(74-46)34-11-6-28-68-34)59-54-60-51(58-53(56-49)64(52)54)63(47-24-18-41(75-47)35-12-7-29-69-35)48-25-19-42(76-48)36-13-8-30-70-36/h3-30H,1-2H3. The van der Waals surface area contributed by atoms with E-state index in [1.165, 1.54) is 29.3 Å². The lowest BCUT2D eigenvalue weighted by atomic mass is 10.3. The molecular weight excluding hydrogens is 1170 g/mol. The zero-order chi connectivity index (χ0) is 50.7. The van der Waals surface area contributed by atoms with E-state index in [0.717, 1.165) is 59.3 Å². The van der Waals surface area contributed by atoms with E-state index in [0.29, 0.717) is 35.8 Å². The summed E-state index contributed by atoms with van der Waals surface area (Å²) in [6, 6.07) is 47.4. The lowest BCUT2D eigenvalue weighted by Gasteiger charge is -2.34. The highest BCUT2D eigenvalue weighted by molar-refractivity contribution is 8.07. The molecule has 76 heavy (non-hydrogen) atoms. The summed E-state index contributed by atoms with van der Waals surface area (Å²) in [5.41, 5.74) is 0. The van der Waals surface area contributed by atoms with Crippen LogP contribution < -0.4 is 14.7 Å². The summed E-state index contributed by atoms with van der Waals surface area (Å²) >= 11 is 20.6. The van der Waals surface area contributed by atoms with Gasteiger partial charge in [-0.25, -0.2) is 4.90 Å². The van der Waals surface area contributed by atoms with Crippen molar-refractivity contribution in [2.45, 2.75) is 6.92 Å². The quantitative estimate of drug-likeness (QED) is 0.115. The summed E-state index contributed by atoms with van der Waals surface area (Å²) < 4.78 is 0. The van der Waals surface area contributed by atoms with Gasteiger partial charge in [0.1, 0.15) is 30.0 Å². The van der Waals surface area contributed by atoms with Gasteiger partial charge in [0.05, 0.1) is 0 Å². The minimum Gasteiger partial charge on any atom is -0.260 e. The van der Waals surface area contributed by atoms with Crippen LogP contribution in [0.5, 0.6) is 0 Å². The van der Waals surface area contributed by atoms with Gasteiger partial charge in [0, 0.05) is 58.6 Å². The molecule has 14 rings (SSSR count). The number of anilines is 6. The molecule has 0 aliphatic carbocycles. The Morgan fingerprint density at radius 1 is 0.368 bits per heavy atom. The number of guanidine groups is 6. The van der Waals surface area contributed by atoms with Crippen molar-refractivity contribution >= 4 is 207 Å². The van der Waals surface area contributed by atoms with Crippen molar-refractivity contribution in [2.75, 3.05) is 21.0 Å². The summed E-state index contributed by atoms with van der Waals surface area (Å²) in [4.78, 5) is 55.0. The molecule has 11 aromatic rings. The molecule has 0 amide bonds. The lowest BCUT2D eigenvalue weighted by Crippen LogP contribution is -2.51. The molecule has 0 saturated heterocycles. The molecule has 0 fully saturated rings. The molecule has 0 saturated carbocycles. The van der Waals surface area contributed by atoms with Gasteiger partial charge in [-0.15, -0.1) is 136 Å². The van der Waals surface area contributed by atoms with Crippen LogP contribution in [0.2, 0.25) is 0 Å². The molecule has 0 bridgehead atoms. The number of hydrogen-bond donors (Lipinski definition) is 0. The third-order valence-corrected chi connectivity index (χ3v) is 24.6. The van der Waals surface area contributed by atoms with E-state index in [1.54, 1.807) is 141 Å². The Bertz CT molecular complexity index is 3790. The summed E-state index contributed by atoms with van der Waals surface area (Å²) in [5.74, 6) is 2.34. The second-order valence-corrected chi connectivity index (χ2v) is 28.3. The monoisotopic (exact) mass is 1210 g/mol. The molecule has 3 aliphatic heterocycles. The van der Waals surface area contributed by atoms with E-state index in [1.807, 2.05) is 0 Å². The van der Waals surface area contributed by atoms with Crippen LogP contribution in [0, 0.1) is 0 Å². The first-order valence-corrected chi connectivity index (χ1v) is 33.8. The number of allylic oxidation sites excluding steroid dienone is 1. The van der Waals surface area contributed by atoms with Crippen LogP contribution in [0.4, 0.5) is 30.0 Å². The minimum absolute atomic E-state index is 0.357. The van der Waals surface area contributed by atoms with Crippen LogP contribution in [0.15, 0.2) is 196 Å². The van der Waals surface area contributed by atoms with Crippen LogP contribution in [-0.4, -0.2) is 46.9 Å². The van der Waals surface area contributed by atoms with Gasteiger partial charge in [-0.2, -0.15) is 30.0 Å². The van der Waals surface area contributed by atoms with Crippen molar-refractivity contribution in [1.29, 1.82) is 0 Å². The Labute approximate surface area is 485 Å². The number of thiophene rings is 11. The highest BCUT2D eigenvalue weighted by Crippen LogP contribution is 2.48. The fourth-order valence-corrected chi connectivity index (χ4v) is 19.7. The molecule has 3 aliphatic rings. The van der Waals surface area contributed by atoms with Crippen molar-refractivity contribution < 1.29 is 0 Å². The molecule has 0 N–H and O–H groups in total. The summed E-state index contributed by atoms with van der Waals surface area (Å²) in [7, 11) is 0. The molecule has 22 heteroatoms. The highest BCUT2D eigenvalue weighted by atomic mass is 32.2. The van der Waals surface area contributed by atoms with Crippen LogP contribution in [0.3, 0.4) is 0 Å². The maximum atomic E-state index is 5.44.